The number of nitrogens with one attached hydrogen (secondary N) is 1. The number of pyridine rings is 1. The zero-order valence-electron chi connectivity index (χ0n) is 23.9. The molecule has 0 aliphatic carbocycles. The number of fused-ring (bicyclic) bond motifs is 5. The van der Waals surface area contributed by atoms with Crippen molar-refractivity contribution in [3.8, 4) is 41.2 Å². The minimum Gasteiger partial charge on any atom is -0.508 e. The van der Waals surface area contributed by atoms with Crippen LogP contribution in [0.2, 0.25) is 0 Å². The van der Waals surface area contributed by atoms with E-state index in [0.29, 0.717) is 54.7 Å². The number of terminal acetylenes is 1. The Balaban J connectivity index is 1.33. The molecule has 44 heavy (non-hydrogen) atoms. The Morgan fingerprint density at radius 1 is 1.09 bits per heavy atom. The number of halogens is 3. The van der Waals surface area contributed by atoms with Crippen molar-refractivity contribution in [1.29, 1.82) is 0 Å². The third kappa shape index (κ3) is 4.28. The van der Waals surface area contributed by atoms with Gasteiger partial charge < -0.3 is 15.3 Å². The number of phenols is 1. The van der Waals surface area contributed by atoms with Crippen LogP contribution in [0.15, 0.2) is 30.5 Å². The van der Waals surface area contributed by atoms with Gasteiger partial charge in [0.1, 0.15) is 34.8 Å². The Morgan fingerprint density at radius 3 is 2.70 bits per heavy atom. The quantitative estimate of drug-likeness (QED) is 0.327. The van der Waals surface area contributed by atoms with Crippen molar-refractivity contribution in [2.24, 2.45) is 0 Å². The third-order valence-electron chi connectivity index (χ3n) is 9.64. The van der Waals surface area contributed by atoms with Gasteiger partial charge in [-0.2, -0.15) is 0 Å². The second kappa shape index (κ2) is 10.1. The van der Waals surface area contributed by atoms with E-state index in [2.05, 4.69) is 42.8 Å². The van der Waals surface area contributed by atoms with E-state index in [1.165, 1.54) is 30.5 Å². The first-order chi connectivity index (χ1) is 21.3. The molecule has 2 N–H and O–H groups in total. The first-order valence-corrected chi connectivity index (χ1v) is 15.0. The van der Waals surface area contributed by atoms with E-state index in [-0.39, 0.29) is 39.3 Å². The lowest BCUT2D eigenvalue weighted by atomic mass is 9.94. The van der Waals surface area contributed by atoms with Crippen LogP contribution < -0.4 is 10.2 Å². The average molecular weight is 595 g/mol. The van der Waals surface area contributed by atoms with Gasteiger partial charge >= 0.3 is 0 Å². The van der Waals surface area contributed by atoms with Gasteiger partial charge in [0.05, 0.1) is 16.5 Å². The van der Waals surface area contributed by atoms with Gasteiger partial charge in [0.25, 0.3) is 0 Å². The second-order valence-electron chi connectivity index (χ2n) is 12.4. The second-order valence-corrected chi connectivity index (χ2v) is 12.4. The molecule has 6 heterocycles. The van der Waals surface area contributed by atoms with Gasteiger partial charge in [-0.1, -0.05) is 17.9 Å². The molecular weight excluding hydrogens is 565 g/mol. The fourth-order valence-corrected chi connectivity index (χ4v) is 7.72. The first kappa shape index (κ1) is 27.2. The molecule has 0 radical (unpaired) electrons. The lowest BCUT2D eigenvalue weighted by Crippen LogP contribution is -2.51. The molecule has 0 amide bonds. The summed E-state index contributed by atoms with van der Waals surface area (Å²) in [5.41, 5.74) is -0.570. The lowest BCUT2D eigenvalue weighted by Gasteiger charge is -2.34. The number of anilines is 1. The summed E-state index contributed by atoms with van der Waals surface area (Å²) in [6, 6.07) is 6.08. The molecule has 4 aliphatic heterocycles. The average Bonchev–Trinajstić information content (AvgIpc) is 3.66. The van der Waals surface area contributed by atoms with E-state index in [1.807, 2.05) is 0 Å². The Morgan fingerprint density at radius 2 is 1.91 bits per heavy atom. The van der Waals surface area contributed by atoms with Gasteiger partial charge in [0, 0.05) is 55.3 Å². The van der Waals surface area contributed by atoms with Gasteiger partial charge in [-0.3, -0.25) is 9.88 Å². The zero-order valence-corrected chi connectivity index (χ0v) is 23.9. The summed E-state index contributed by atoms with van der Waals surface area (Å²) in [5, 5.41) is 15.3. The Bertz CT molecular complexity index is 1950. The highest BCUT2D eigenvalue weighted by molar-refractivity contribution is 6.03. The summed E-state index contributed by atoms with van der Waals surface area (Å²) in [7, 11) is 0. The molecular formula is C34H29F3N6O. The van der Waals surface area contributed by atoms with Gasteiger partial charge in [-0.05, 0) is 61.7 Å². The van der Waals surface area contributed by atoms with Crippen LogP contribution in [0.25, 0.3) is 32.9 Å². The van der Waals surface area contributed by atoms with Crippen molar-refractivity contribution in [2.45, 2.75) is 55.9 Å². The lowest BCUT2D eigenvalue weighted by molar-refractivity contribution is 0.255. The molecule has 10 heteroatoms. The molecule has 7 nitrogen and oxygen atoms in total. The Hall–Kier alpha value is -4.38. The van der Waals surface area contributed by atoms with E-state index >= 15 is 4.39 Å². The summed E-state index contributed by atoms with van der Waals surface area (Å²) in [6.07, 6.45) is 10.4. The highest BCUT2D eigenvalue weighted by Gasteiger charge is 2.47. The minimum atomic E-state index is -0.935. The summed E-state index contributed by atoms with van der Waals surface area (Å²) < 4.78 is 45.9. The van der Waals surface area contributed by atoms with Crippen molar-refractivity contribution >= 4 is 27.5 Å². The van der Waals surface area contributed by atoms with E-state index in [1.54, 1.807) is 0 Å². The van der Waals surface area contributed by atoms with Crippen molar-refractivity contribution in [1.82, 2.24) is 25.2 Å². The number of hydrogen-bond donors (Lipinski definition) is 2. The number of piperazine rings is 1. The fraction of sp³-hybridized carbons (Fsp3) is 0.382. The van der Waals surface area contributed by atoms with Crippen LogP contribution in [0.3, 0.4) is 0 Å². The summed E-state index contributed by atoms with van der Waals surface area (Å²) in [6.45, 7) is 2.55. The topological polar surface area (TPSA) is 77.4 Å². The number of alkyl halides is 1. The van der Waals surface area contributed by atoms with Crippen molar-refractivity contribution in [3.05, 3.63) is 53.5 Å². The number of benzene rings is 2. The normalized spacial score (nSPS) is 26.1. The van der Waals surface area contributed by atoms with Crippen LogP contribution in [0, 0.1) is 35.8 Å². The van der Waals surface area contributed by atoms with Gasteiger partial charge in [0.2, 0.25) is 5.82 Å². The third-order valence-corrected chi connectivity index (χ3v) is 9.64. The monoisotopic (exact) mass is 594 g/mol. The highest BCUT2D eigenvalue weighted by atomic mass is 19.1. The molecule has 4 aliphatic rings. The van der Waals surface area contributed by atoms with Crippen molar-refractivity contribution in [2.75, 3.05) is 31.1 Å². The molecule has 8 rings (SSSR count). The van der Waals surface area contributed by atoms with Gasteiger partial charge in [-0.15, -0.1) is 6.42 Å². The van der Waals surface area contributed by atoms with E-state index in [0.717, 1.165) is 32.2 Å². The molecule has 222 valence electrons. The van der Waals surface area contributed by atoms with Crippen LogP contribution >= 0.6 is 0 Å². The van der Waals surface area contributed by atoms with E-state index in [9.17, 15) is 13.9 Å². The first-order valence-electron chi connectivity index (χ1n) is 15.0. The van der Waals surface area contributed by atoms with Crippen LogP contribution in [0.5, 0.6) is 5.75 Å². The molecule has 4 aromatic rings. The van der Waals surface area contributed by atoms with E-state index < -0.39 is 23.3 Å². The summed E-state index contributed by atoms with van der Waals surface area (Å²) in [4.78, 5) is 18.1. The van der Waals surface area contributed by atoms with Gasteiger partial charge in [0.15, 0.2) is 5.82 Å². The predicted molar refractivity (Wildman–Crippen MR) is 162 cm³/mol. The van der Waals surface area contributed by atoms with Gasteiger partial charge in [-0.25, -0.2) is 23.1 Å². The highest BCUT2D eigenvalue weighted by Crippen LogP contribution is 2.41. The molecule has 4 fully saturated rings. The standard InChI is InChI=1S/C34H29F3N6O/c1-2-24-27(36)7-4-19-12-23(44)13-25(29(19)24)31-30(37)32-26(15-38-31)33(42-17-21-5-6-22(18-42)39-21)41-28(40-32)8-10-34-9-3-11-43(34)16-20(35)14-34/h1,4,7,12-13,15,20-22,39,44H,3,5-6,9,11,14,16-18H2. The SMILES string of the molecule is C#Cc1c(F)ccc2cc(O)cc(-c3ncc4c(N5CC6CCC(C5)N6)nc(C#CC56CCCN5CC(F)C6)nc4c3F)c12. The molecule has 4 atom stereocenters. The maximum Gasteiger partial charge on any atom is 0.207 e. The minimum absolute atomic E-state index is 0.0147. The predicted octanol–water partition coefficient (Wildman–Crippen LogP) is 4.68. The number of hydrogen-bond acceptors (Lipinski definition) is 7. The number of aromatic hydroxyl groups is 1. The molecule has 2 aromatic carbocycles. The van der Waals surface area contributed by atoms with Crippen molar-refractivity contribution in [3.63, 3.8) is 0 Å². The van der Waals surface area contributed by atoms with Crippen LogP contribution in [-0.2, 0) is 0 Å². The molecule has 0 spiro atoms. The Labute approximate surface area is 252 Å². The zero-order chi connectivity index (χ0) is 30.2. The Kier molecular flexibility index (Phi) is 6.23. The maximum absolute atomic E-state index is 16.7. The maximum atomic E-state index is 16.7. The number of aromatic nitrogens is 3. The largest absolute Gasteiger partial charge is 0.508 e. The fourth-order valence-electron chi connectivity index (χ4n) is 7.72. The molecule has 4 unspecified atom stereocenters. The van der Waals surface area contributed by atoms with Crippen molar-refractivity contribution < 1.29 is 18.3 Å². The van der Waals surface area contributed by atoms with Crippen LogP contribution in [0.4, 0.5) is 19.0 Å². The number of nitrogens with zero attached hydrogens (tertiary/aromatic N) is 5. The number of phenolic OH excluding ortho intramolecular Hbond substituents is 1. The molecule has 4 saturated heterocycles. The summed E-state index contributed by atoms with van der Waals surface area (Å²) >= 11 is 0. The van der Waals surface area contributed by atoms with Crippen LogP contribution in [-0.4, -0.2) is 74.9 Å². The number of rotatable bonds is 2. The molecule has 2 aromatic heterocycles. The molecule has 2 bridgehead atoms. The smallest absolute Gasteiger partial charge is 0.207 e. The molecule has 0 saturated carbocycles. The summed E-state index contributed by atoms with van der Waals surface area (Å²) in [5.74, 6) is 7.93. The van der Waals surface area contributed by atoms with Crippen LogP contribution in [0.1, 0.15) is 43.5 Å². The van der Waals surface area contributed by atoms with E-state index in [4.69, 9.17) is 11.4 Å².